The first-order valence-corrected chi connectivity index (χ1v) is 5.07. The Labute approximate surface area is 106 Å². The number of hydrogen-bond acceptors (Lipinski definition) is 4. The van der Waals surface area contributed by atoms with E-state index in [9.17, 15) is 22.8 Å². The highest BCUT2D eigenvalue weighted by atomic mass is 19.4. The minimum Gasteiger partial charge on any atom is -0.479 e. The SMILES string of the molecule is O=C(O)C(Nc1ccccc1)C(=O)OCC(F)(F)F. The summed E-state index contributed by atoms with van der Waals surface area (Å²) in [5.41, 5.74) is 0.277. The Morgan fingerprint density at radius 3 is 2.32 bits per heavy atom. The Kier molecular flexibility index (Phi) is 4.74. The average Bonchev–Trinajstić information content (AvgIpc) is 2.33. The highest BCUT2D eigenvalue weighted by molar-refractivity contribution is 6.01. The van der Waals surface area contributed by atoms with Crippen LogP contribution in [0.5, 0.6) is 0 Å². The molecule has 0 bridgehead atoms. The van der Waals surface area contributed by atoms with Gasteiger partial charge in [-0.2, -0.15) is 13.2 Å². The number of carboxylic acids is 1. The van der Waals surface area contributed by atoms with Crippen molar-refractivity contribution in [3.05, 3.63) is 30.3 Å². The van der Waals surface area contributed by atoms with E-state index in [1.165, 1.54) is 12.1 Å². The standard InChI is InChI=1S/C11H10F3NO4/c12-11(13,14)6-19-10(18)8(9(16)17)15-7-4-2-1-3-5-7/h1-5,8,15H,6H2,(H,16,17). The highest BCUT2D eigenvalue weighted by Crippen LogP contribution is 2.15. The Morgan fingerprint density at radius 2 is 1.84 bits per heavy atom. The molecule has 8 heteroatoms. The third kappa shape index (κ3) is 5.28. The van der Waals surface area contributed by atoms with E-state index in [2.05, 4.69) is 10.1 Å². The van der Waals surface area contributed by atoms with Gasteiger partial charge in [0.15, 0.2) is 6.61 Å². The monoisotopic (exact) mass is 277 g/mol. The molecule has 1 atom stereocenters. The number of nitrogens with one attached hydrogen (secondary N) is 1. The molecule has 2 N–H and O–H groups in total. The summed E-state index contributed by atoms with van der Waals surface area (Å²) >= 11 is 0. The van der Waals surface area contributed by atoms with Gasteiger partial charge in [-0.15, -0.1) is 0 Å². The van der Waals surface area contributed by atoms with E-state index >= 15 is 0 Å². The lowest BCUT2D eigenvalue weighted by atomic mass is 10.2. The van der Waals surface area contributed by atoms with E-state index in [1.54, 1.807) is 18.2 Å². The number of carboxylic acid groups (broad SMARTS) is 1. The van der Waals surface area contributed by atoms with Gasteiger partial charge in [0.25, 0.3) is 0 Å². The lowest BCUT2D eigenvalue weighted by Gasteiger charge is -2.15. The summed E-state index contributed by atoms with van der Waals surface area (Å²) in [7, 11) is 0. The molecule has 1 unspecified atom stereocenters. The predicted molar refractivity (Wildman–Crippen MR) is 58.5 cm³/mol. The molecule has 0 fully saturated rings. The minimum absolute atomic E-state index is 0.277. The molecule has 0 aliphatic carbocycles. The first-order valence-electron chi connectivity index (χ1n) is 5.07. The fourth-order valence-electron chi connectivity index (χ4n) is 1.16. The van der Waals surface area contributed by atoms with Crippen LogP contribution < -0.4 is 5.32 Å². The number of carbonyl (C=O) groups is 2. The molecule has 0 saturated heterocycles. The first kappa shape index (κ1) is 14.8. The van der Waals surface area contributed by atoms with Gasteiger partial charge in [-0.3, -0.25) is 0 Å². The molecule has 0 heterocycles. The smallest absolute Gasteiger partial charge is 0.422 e. The molecule has 0 amide bonds. The average molecular weight is 277 g/mol. The number of esters is 1. The normalized spacial score (nSPS) is 12.6. The molecule has 0 aliphatic rings. The van der Waals surface area contributed by atoms with Gasteiger partial charge in [0.1, 0.15) is 0 Å². The maximum Gasteiger partial charge on any atom is 0.422 e. The summed E-state index contributed by atoms with van der Waals surface area (Å²) in [6.07, 6.45) is -4.70. The van der Waals surface area contributed by atoms with E-state index < -0.39 is 30.8 Å². The Morgan fingerprint density at radius 1 is 1.26 bits per heavy atom. The topological polar surface area (TPSA) is 75.6 Å². The van der Waals surface area contributed by atoms with Crippen LogP contribution >= 0.6 is 0 Å². The van der Waals surface area contributed by atoms with Crippen LogP contribution in [0.25, 0.3) is 0 Å². The van der Waals surface area contributed by atoms with Gasteiger partial charge in [0, 0.05) is 5.69 Å². The number of alkyl halides is 3. The zero-order valence-electron chi connectivity index (χ0n) is 9.48. The van der Waals surface area contributed by atoms with Gasteiger partial charge < -0.3 is 15.2 Å². The molecule has 19 heavy (non-hydrogen) atoms. The molecule has 0 saturated carbocycles. The van der Waals surface area contributed by atoms with Gasteiger partial charge in [0.05, 0.1) is 0 Å². The summed E-state index contributed by atoms with van der Waals surface area (Å²) in [4.78, 5) is 22.1. The minimum atomic E-state index is -4.70. The molecule has 104 valence electrons. The van der Waals surface area contributed by atoms with Crippen molar-refractivity contribution in [1.29, 1.82) is 0 Å². The Bertz CT molecular complexity index is 447. The van der Waals surface area contributed by atoms with Gasteiger partial charge >= 0.3 is 18.1 Å². The lowest BCUT2D eigenvalue weighted by Crippen LogP contribution is -2.40. The quantitative estimate of drug-likeness (QED) is 0.632. The molecule has 0 spiro atoms. The molecule has 0 radical (unpaired) electrons. The molecule has 1 aromatic carbocycles. The van der Waals surface area contributed by atoms with Gasteiger partial charge in [-0.1, -0.05) is 18.2 Å². The van der Waals surface area contributed by atoms with Crippen molar-refractivity contribution in [2.45, 2.75) is 12.2 Å². The number of para-hydroxylation sites is 1. The fourth-order valence-corrected chi connectivity index (χ4v) is 1.16. The number of ether oxygens (including phenoxy) is 1. The Hall–Kier alpha value is -2.25. The van der Waals surface area contributed by atoms with E-state index in [4.69, 9.17) is 5.11 Å². The van der Waals surface area contributed by atoms with E-state index in [0.717, 1.165) is 0 Å². The van der Waals surface area contributed by atoms with Crippen molar-refractivity contribution in [2.75, 3.05) is 11.9 Å². The van der Waals surface area contributed by atoms with Crippen LogP contribution in [0.4, 0.5) is 18.9 Å². The summed E-state index contributed by atoms with van der Waals surface area (Å²) in [5.74, 6) is -3.13. The van der Waals surface area contributed by atoms with E-state index in [1.807, 2.05) is 0 Å². The van der Waals surface area contributed by atoms with Crippen molar-refractivity contribution in [2.24, 2.45) is 0 Å². The number of hydrogen-bond donors (Lipinski definition) is 2. The predicted octanol–water partition coefficient (Wildman–Crippen LogP) is 1.66. The highest BCUT2D eigenvalue weighted by Gasteiger charge is 2.34. The summed E-state index contributed by atoms with van der Waals surface area (Å²) in [6, 6.07) is 5.83. The van der Waals surface area contributed by atoms with Crippen LogP contribution in [-0.2, 0) is 14.3 Å². The second-order valence-corrected chi connectivity index (χ2v) is 3.50. The molecular formula is C11H10F3NO4. The van der Waals surface area contributed by atoms with Gasteiger partial charge in [-0.05, 0) is 12.1 Å². The zero-order chi connectivity index (χ0) is 14.5. The molecular weight excluding hydrogens is 267 g/mol. The number of carbonyl (C=O) groups excluding carboxylic acids is 1. The molecule has 1 rings (SSSR count). The van der Waals surface area contributed by atoms with Crippen LogP contribution in [0, 0.1) is 0 Å². The number of halogens is 3. The van der Waals surface area contributed by atoms with Crippen LogP contribution in [0.1, 0.15) is 0 Å². The summed E-state index contributed by atoms with van der Waals surface area (Å²) < 4.78 is 39.5. The Balaban J connectivity index is 2.68. The largest absolute Gasteiger partial charge is 0.479 e. The number of rotatable bonds is 5. The number of aliphatic carboxylic acids is 1. The van der Waals surface area contributed by atoms with Crippen LogP contribution in [-0.4, -0.2) is 35.9 Å². The van der Waals surface area contributed by atoms with Gasteiger partial charge in [0.2, 0.25) is 6.04 Å². The number of benzene rings is 1. The van der Waals surface area contributed by atoms with Crippen molar-refractivity contribution in [1.82, 2.24) is 0 Å². The van der Waals surface area contributed by atoms with E-state index in [-0.39, 0.29) is 5.69 Å². The summed E-state index contributed by atoms with van der Waals surface area (Å²) in [6.45, 7) is -1.83. The van der Waals surface area contributed by atoms with Crippen molar-refractivity contribution in [3.8, 4) is 0 Å². The molecule has 1 aromatic rings. The van der Waals surface area contributed by atoms with Crippen LogP contribution in [0.2, 0.25) is 0 Å². The fraction of sp³-hybridized carbons (Fsp3) is 0.273. The van der Waals surface area contributed by atoms with Crippen molar-refractivity contribution in [3.63, 3.8) is 0 Å². The molecule has 0 aliphatic heterocycles. The van der Waals surface area contributed by atoms with E-state index in [0.29, 0.717) is 0 Å². The second-order valence-electron chi connectivity index (χ2n) is 3.50. The molecule has 5 nitrogen and oxygen atoms in total. The van der Waals surface area contributed by atoms with Crippen LogP contribution in [0.3, 0.4) is 0 Å². The first-order chi connectivity index (χ1) is 8.79. The number of anilines is 1. The van der Waals surface area contributed by atoms with Crippen molar-refractivity contribution < 1.29 is 32.6 Å². The third-order valence-corrected chi connectivity index (χ3v) is 1.95. The second kappa shape index (κ2) is 6.07. The third-order valence-electron chi connectivity index (χ3n) is 1.95. The van der Waals surface area contributed by atoms with Crippen LogP contribution in [0.15, 0.2) is 30.3 Å². The maximum atomic E-state index is 11.9. The lowest BCUT2D eigenvalue weighted by molar-refractivity contribution is -0.188. The zero-order valence-corrected chi connectivity index (χ0v) is 9.48. The van der Waals surface area contributed by atoms with Crippen molar-refractivity contribution >= 4 is 17.6 Å². The summed E-state index contributed by atoms with van der Waals surface area (Å²) in [5, 5.41) is 11.1. The maximum absolute atomic E-state index is 11.9. The molecule has 0 aromatic heterocycles. The van der Waals surface area contributed by atoms with Gasteiger partial charge in [-0.25, -0.2) is 9.59 Å².